The third kappa shape index (κ3) is 2.02. The van der Waals surface area contributed by atoms with E-state index in [1.54, 1.807) is 12.3 Å². The lowest BCUT2D eigenvalue weighted by Crippen LogP contribution is -1.92. The standard InChI is InChI=1S/C8H10N2O2/c1-2-3-7-4-5-8(9-6-7)10(11)12/h4-6H,2-3H2,1H3. The molecule has 4 heteroatoms. The maximum Gasteiger partial charge on any atom is 0.363 e. The number of nitrogens with zero attached hydrogens (tertiary/aromatic N) is 2. The van der Waals surface area contributed by atoms with Crippen molar-refractivity contribution in [1.82, 2.24) is 4.98 Å². The maximum absolute atomic E-state index is 10.2. The first-order valence-electron chi connectivity index (χ1n) is 3.83. The Morgan fingerprint density at radius 2 is 2.33 bits per heavy atom. The van der Waals surface area contributed by atoms with E-state index in [1.165, 1.54) is 6.07 Å². The minimum Gasteiger partial charge on any atom is -0.358 e. The SMILES string of the molecule is CCCc1ccc([N+](=O)[O-])nc1. The van der Waals surface area contributed by atoms with E-state index in [4.69, 9.17) is 0 Å². The molecule has 0 bridgehead atoms. The molecule has 0 unspecified atom stereocenters. The molecular weight excluding hydrogens is 156 g/mol. The highest BCUT2D eigenvalue weighted by Crippen LogP contribution is 2.08. The summed E-state index contributed by atoms with van der Waals surface area (Å²) in [4.78, 5) is 13.4. The van der Waals surface area contributed by atoms with E-state index in [0.29, 0.717) is 0 Å². The van der Waals surface area contributed by atoms with Crippen LogP contribution in [0.1, 0.15) is 18.9 Å². The van der Waals surface area contributed by atoms with E-state index >= 15 is 0 Å². The third-order valence-electron chi connectivity index (χ3n) is 1.53. The summed E-state index contributed by atoms with van der Waals surface area (Å²) in [6.07, 6.45) is 3.51. The van der Waals surface area contributed by atoms with E-state index in [0.717, 1.165) is 18.4 Å². The van der Waals surface area contributed by atoms with E-state index in [-0.39, 0.29) is 5.82 Å². The Morgan fingerprint density at radius 3 is 2.75 bits per heavy atom. The Kier molecular flexibility index (Phi) is 2.74. The predicted molar refractivity (Wildman–Crippen MR) is 44.9 cm³/mol. The molecule has 0 spiro atoms. The zero-order valence-electron chi connectivity index (χ0n) is 6.86. The number of hydrogen-bond acceptors (Lipinski definition) is 3. The molecule has 0 N–H and O–H groups in total. The van der Waals surface area contributed by atoms with Crippen molar-refractivity contribution in [2.24, 2.45) is 0 Å². The van der Waals surface area contributed by atoms with Crippen LogP contribution in [-0.2, 0) is 6.42 Å². The smallest absolute Gasteiger partial charge is 0.358 e. The molecule has 0 atom stereocenters. The Labute approximate surface area is 70.4 Å². The summed E-state index contributed by atoms with van der Waals surface area (Å²) in [6, 6.07) is 3.18. The number of hydrogen-bond donors (Lipinski definition) is 0. The number of pyridine rings is 1. The normalized spacial score (nSPS) is 9.75. The van der Waals surface area contributed by atoms with Crippen molar-refractivity contribution in [2.75, 3.05) is 0 Å². The van der Waals surface area contributed by atoms with Crippen LogP contribution in [0.4, 0.5) is 5.82 Å². The fraction of sp³-hybridized carbons (Fsp3) is 0.375. The van der Waals surface area contributed by atoms with E-state index < -0.39 is 4.92 Å². The number of aryl methyl sites for hydroxylation is 1. The zero-order valence-corrected chi connectivity index (χ0v) is 6.86. The van der Waals surface area contributed by atoms with Gasteiger partial charge in [-0.15, -0.1) is 0 Å². The van der Waals surface area contributed by atoms with Crippen LogP contribution in [0.3, 0.4) is 0 Å². The van der Waals surface area contributed by atoms with Crippen LogP contribution in [0.25, 0.3) is 0 Å². The molecule has 0 saturated heterocycles. The monoisotopic (exact) mass is 166 g/mol. The van der Waals surface area contributed by atoms with Crippen LogP contribution in [-0.4, -0.2) is 9.91 Å². The Bertz CT molecular complexity index is 269. The van der Waals surface area contributed by atoms with Gasteiger partial charge in [0.15, 0.2) is 0 Å². The molecule has 1 aromatic heterocycles. The van der Waals surface area contributed by atoms with Gasteiger partial charge in [0.05, 0.1) is 0 Å². The molecule has 12 heavy (non-hydrogen) atoms. The van der Waals surface area contributed by atoms with E-state index in [1.807, 2.05) is 0 Å². The fourth-order valence-electron chi connectivity index (χ4n) is 0.961. The van der Waals surface area contributed by atoms with Gasteiger partial charge in [-0.1, -0.05) is 13.3 Å². The third-order valence-corrected chi connectivity index (χ3v) is 1.53. The van der Waals surface area contributed by atoms with Crippen LogP contribution in [0.2, 0.25) is 0 Å². The second-order valence-electron chi connectivity index (χ2n) is 2.53. The average molecular weight is 166 g/mol. The van der Waals surface area contributed by atoms with Gasteiger partial charge in [-0.2, -0.15) is 0 Å². The van der Waals surface area contributed by atoms with E-state index in [9.17, 15) is 10.1 Å². The van der Waals surface area contributed by atoms with Crippen LogP contribution >= 0.6 is 0 Å². The molecule has 0 fully saturated rings. The highest BCUT2D eigenvalue weighted by molar-refractivity contribution is 5.22. The molecule has 0 amide bonds. The Morgan fingerprint density at radius 1 is 1.58 bits per heavy atom. The molecule has 64 valence electrons. The molecule has 0 aliphatic rings. The van der Waals surface area contributed by atoms with Gasteiger partial charge in [0.25, 0.3) is 0 Å². The summed E-state index contributed by atoms with van der Waals surface area (Å²) in [5, 5.41) is 10.2. The molecule has 0 aromatic carbocycles. The second kappa shape index (κ2) is 3.80. The molecule has 1 aromatic rings. The lowest BCUT2D eigenvalue weighted by molar-refractivity contribution is -0.389. The molecule has 1 heterocycles. The van der Waals surface area contributed by atoms with Crippen LogP contribution in [0.15, 0.2) is 18.3 Å². The first-order chi connectivity index (χ1) is 5.74. The first kappa shape index (κ1) is 8.64. The van der Waals surface area contributed by atoms with Crippen molar-refractivity contribution in [3.63, 3.8) is 0 Å². The number of aromatic nitrogens is 1. The summed E-state index contributed by atoms with van der Waals surface area (Å²) in [6.45, 7) is 2.06. The highest BCUT2D eigenvalue weighted by atomic mass is 16.6. The van der Waals surface area contributed by atoms with Gasteiger partial charge in [0.1, 0.15) is 6.20 Å². The van der Waals surface area contributed by atoms with Crippen LogP contribution < -0.4 is 0 Å². The largest absolute Gasteiger partial charge is 0.363 e. The number of nitro groups is 1. The summed E-state index contributed by atoms with van der Waals surface area (Å²) in [7, 11) is 0. The second-order valence-corrected chi connectivity index (χ2v) is 2.53. The summed E-state index contributed by atoms with van der Waals surface area (Å²) < 4.78 is 0. The minimum absolute atomic E-state index is 0.0881. The van der Waals surface area contributed by atoms with Gasteiger partial charge in [-0.3, -0.25) is 0 Å². The van der Waals surface area contributed by atoms with Crippen LogP contribution in [0.5, 0.6) is 0 Å². The Balaban J connectivity index is 2.78. The molecule has 1 rings (SSSR count). The molecule has 4 nitrogen and oxygen atoms in total. The zero-order chi connectivity index (χ0) is 8.97. The summed E-state index contributed by atoms with van der Waals surface area (Å²) >= 11 is 0. The highest BCUT2D eigenvalue weighted by Gasteiger charge is 2.04. The van der Waals surface area contributed by atoms with Gasteiger partial charge in [0, 0.05) is 6.07 Å². The van der Waals surface area contributed by atoms with Crippen molar-refractivity contribution in [1.29, 1.82) is 0 Å². The van der Waals surface area contributed by atoms with Crippen molar-refractivity contribution >= 4 is 5.82 Å². The van der Waals surface area contributed by atoms with Gasteiger partial charge < -0.3 is 10.1 Å². The quantitative estimate of drug-likeness (QED) is 0.509. The van der Waals surface area contributed by atoms with Crippen molar-refractivity contribution in [3.05, 3.63) is 34.0 Å². The van der Waals surface area contributed by atoms with Gasteiger partial charge >= 0.3 is 5.82 Å². The van der Waals surface area contributed by atoms with Gasteiger partial charge in [0.2, 0.25) is 0 Å². The van der Waals surface area contributed by atoms with Gasteiger partial charge in [-0.25, -0.2) is 0 Å². The number of rotatable bonds is 3. The molecule has 0 radical (unpaired) electrons. The summed E-state index contributed by atoms with van der Waals surface area (Å²) in [5.41, 5.74) is 1.04. The Hall–Kier alpha value is -1.45. The topological polar surface area (TPSA) is 56.0 Å². The predicted octanol–water partition coefficient (Wildman–Crippen LogP) is 1.94. The average Bonchev–Trinajstić information content (AvgIpc) is 2.06. The van der Waals surface area contributed by atoms with Crippen molar-refractivity contribution < 1.29 is 4.92 Å². The minimum atomic E-state index is -0.490. The fourth-order valence-corrected chi connectivity index (χ4v) is 0.961. The first-order valence-corrected chi connectivity index (χ1v) is 3.83. The summed E-state index contributed by atoms with van der Waals surface area (Å²) in [5.74, 6) is -0.0881. The van der Waals surface area contributed by atoms with Crippen molar-refractivity contribution in [2.45, 2.75) is 19.8 Å². The molecule has 0 saturated carbocycles. The van der Waals surface area contributed by atoms with E-state index in [2.05, 4.69) is 11.9 Å². The van der Waals surface area contributed by atoms with Gasteiger partial charge in [-0.05, 0) is 28.0 Å². The molecular formula is C8H10N2O2. The van der Waals surface area contributed by atoms with Crippen molar-refractivity contribution in [3.8, 4) is 0 Å². The van der Waals surface area contributed by atoms with Crippen LogP contribution in [0, 0.1) is 10.1 Å². The lowest BCUT2D eigenvalue weighted by atomic mass is 10.2. The maximum atomic E-state index is 10.2. The lowest BCUT2D eigenvalue weighted by Gasteiger charge is -1.94. The molecule has 0 aliphatic carbocycles. The molecule has 0 aliphatic heterocycles.